The van der Waals surface area contributed by atoms with Crippen LogP contribution >= 0.6 is 0 Å². The number of hydrogen-bond donors (Lipinski definition) is 2. The van der Waals surface area contributed by atoms with Gasteiger partial charge < -0.3 is 5.32 Å². The summed E-state index contributed by atoms with van der Waals surface area (Å²) >= 11 is 0. The maximum Gasteiger partial charge on any atom is 0.252 e. The van der Waals surface area contributed by atoms with Crippen LogP contribution in [-0.4, -0.2) is 47.0 Å². The van der Waals surface area contributed by atoms with Crippen LogP contribution in [0.1, 0.15) is 18.4 Å². The van der Waals surface area contributed by atoms with Crippen LogP contribution in [-0.2, 0) is 21.2 Å². The summed E-state index contributed by atoms with van der Waals surface area (Å²) in [5.74, 6) is -0.386. The number of amides is 1. The predicted molar refractivity (Wildman–Crippen MR) is 98.3 cm³/mol. The largest absolute Gasteiger partial charge is 0.356 e. The Balaban J connectivity index is 1.36. The molecule has 2 aromatic heterocycles. The van der Waals surface area contributed by atoms with Crippen molar-refractivity contribution in [2.75, 3.05) is 13.1 Å². The van der Waals surface area contributed by atoms with Crippen molar-refractivity contribution in [2.24, 2.45) is 0 Å². The summed E-state index contributed by atoms with van der Waals surface area (Å²) in [6.07, 6.45) is 6.36. The predicted octanol–water partition coefficient (Wildman–Crippen LogP) is 0.681. The zero-order chi connectivity index (χ0) is 20.0. The number of carbonyl (C=O) groups excluding carboxylic acids is 1. The van der Waals surface area contributed by atoms with Gasteiger partial charge in [-0.05, 0) is 36.6 Å². The number of hydrogen-bond acceptors (Lipinski definition) is 6. The number of halogens is 1. The topological polar surface area (TPSA) is 118 Å². The summed E-state index contributed by atoms with van der Waals surface area (Å²) in [5, 5.41) is 6.74. The molecule has 148 valence electrons. The fourth-order valence-electron chi connectivity index (χ4n) is 2.51. The molecule has 0 radical (unpaired) electrons. The van der Waals surface area contributed by atoms with Crippen molar-refractivity contribution in [3.8, 4) is 0 Å². The van der Waals surface area contributed by atoms with Crippen molar-refractivity contribution < 1.29 is 17.6 Å². The zero-order valence-corrected chi connectivity index (χ0v) is 15.7. The third-order valence-electron chi connectivity index (χ3n) is 3.90. The monoisotopic (exact) mass is 406 g/mol. The summed E-state index contributed by atoms with van der Waals surface area (Å²) in [7, 11) is -3.84. The quantitative estimate of drug-likeness (QED) is 0.505. The molecule has 9 nitrogen and oxygen atoms in total. The zero-order valence-electron chi connectivity index (χ0n) is 14.9. The second-order valence-electron chi connectivity index (χ2n) is 6.03. The molecule has 0 unspecified atom stereocenters. The summed E-state index contributed by atoms with van der Waals surface area (Å²) < 4.78 is 41.1. The Kier molecular flexibility index (Phi) is 6.26. The molecule has 0 saturated heterocycles. The lowest BCUT2D eigenvalue weighted by molar-refractivity contribution is -0.120. The van der Waals surface area contributed by atoms with E-state index in [1.165, 1.54) is 18.5 Å². The van der Waals surface area contributed by atoms with Crippen LogP contribution in [0.2, 0.25) is 0 Å². The number of nitrogens with one attached hydrogen (secondary N) is 2. The van der Waals surface area contributed by atoms with E-state index in [0.717, 1.165) is 17.7 Å². The molecule has 0 saturated carbocycles. The first-order chi connectivity index (χ1) is 13.4. The van der Waals surface area contributed by atoms with Gasteiger partial charge in [0.1, 0.15) is 12.1 Å². The van der Waals surface area contributed by atoms with Gasteiger partial charge in [-0.25, -0.2) is 27.0 Å². The summed E-state index contributed by atoms with van der Waals surface area (Å²) in [4.78, 5) is 19.8. The van der Waals surface area contributed by atoms with E-state index in [1.54, 1.807) is 10.7 Å². The number of nitrogens with zero attached hydrogens (tertiary/aromatic N) is 4. The molecule has 28 heavy (non-hydrogen) atoms. The van der Waals surface area contributed by atoms with E-state index in [9.17, 15) is 17.6 Å². The van der Waals surface area contributed by atoms with E-state index in [0.29, 0.717) is 25.2 Å². The smallest absolute Gasteiger partial charge is 0.252 e. The maximum absolute atomic E-state index is 13.1. The van der Waals surface area contributed by atoms with E-state index < -0.39 is 15.8 Å². The molecule has 0 atom stereocenters. The number of benzene rings is 1. The lowest BCUT2D eigenvalue weighted by atomic mass is 10.2. The molecule has 0 fully saturated rings. The first kappa shape index (κ1) is 19.8. The minimum atomic E-state index is -3.84. The van der Waals surface area contributed by atoms with Crippen molar-refractivity contribution in [1.29, 1.82) is 0 Å². The molecule has 1 aromatic carbocycles. The third kappa shape index (κ3) is 5.30. The Labute approximate surface area is 161 Å². The molecular formula is C17H19FN6O3S. The first-order valence-corrected chi connectivity index (χ1v) is 10.1. The van der Waals surface area contributed by atoms with Gasteiger partial charge in [-0.15, -0.1) is 0 Å². The molecule has 0 spiro atoms. The van der Waals surface area contributed by atoms with Crippen molar-refractivity contribution >= 4 is 21.7 Å². The van der Waals surface area contributed by atoms with Crippen LogP contribution in [0.4, 0.5) is 4.39 Å². The molecule has 0 aliphatic carbocycles. The van der Waals surface area contributed by atoms with Crippen molar-refractivity contribution in [2.45, 2.75) is 24.2 Å². The average molecular weight is 406 g/mol. The number of carbonyl (C=O) groups is 1. The Morgan fingerprint density at radius 3 is 2.89 bits per heavy atom. The van der Waals surface area contributed by atoms with Gasteiger partial charge in [0, 0.05) is 31.9 Å². The number of aryl methyl sites for hydroxylation is 1. The van der Waals surface area contributed by atoms with Crippen molar-refractivity contribution in [3.63, 3.8) is 0 Å². The van der Waals surface area contributed by atoms with Crippen molar-refractivity contribution in [3.05, 3.63) is 54.4 Å². The Hall–Kier alpha value is -2.92. The Morgan fingerprint density at radius 1 is 1.21 bits per heavy atom. The molecule has 0 aliphatic rings. The molecular weight excluding hydrogens is 387 g/mol. The first-order valence-electron chi connectivity index (χ1n) is 8.60. The van der Waals surface area contributed by atoms with Gasteiger partial charge in [-0.1, -0.05) is 6.07 Å². The van der Waals surface area contributed by atoms with Gasteiger partial charge in [0.25, 0.3) is 5.78 Å². The highest BCUT2D eigenvalue weighted by Gasteiger charge is 2.14. The number of rotatable bonds is 9. The van der Waals surface area contributed by atoms with Gasteiger partial charge in [0.15, 0.2) is 0 Å². The van der Waals surface area contributed by atoms with E-state index in [1.807, 2.05) is 6.20 Å². The second-order valence-corrected chi connectivity index (χ2v) is 7.79. The lowest BCUT2D eigenvalue weighted by Gasteiger charge is -2.08. The van der Waals surface area contributed by atoms with Crippen LogP contribution in [0.15, 0.2) is 47.9 Å². The van der Waals surface area contributed by atoms with Crippen molar-refractivity contribution in [1.82, 2.24) is 29.6 Å². The molecule has 1 amide bonds. The second kappa shape index (κ2) is 8.85. The highest BCUT2D eigenvalue weighted by molar-refractivity contribution is 7.89. The SMILES string of the molecule is O=C(CCNS(=O)(=O)c1cccc(F)c1)NCCCc1cnc2ncnn2c1. The van der Waals surface area contributed by atoms with Gasteiger partial charge in [-0.2, -0.15) is 10.1 Å². The minimum absolute atomic E-state index is 0.0129. The number of fused-ring (bicyclic) bond motifs is 1. The fraction of sp³-hybridized carbons (Fsp3) is 0.294. The Morgan fingerprint density at radius 2 is 2.07 bits per heavy atom. The number of sulfonamides is 1. The van der Waals surface area contributed by atoms with Crippen LogP contribution in [0.25, 0.3) is 5.78 Å². The van der Waals surface area contributed by atoms with Crippen LogP contribution in [0.3, 0.4) is 0 Å². The normalized spacial score (nSPS) is 11.6. The summed E-state index contributed by atoms with van der Waals surface area (Å²) in [6, 6.07) is 4.68. The standard InChI is InChI=1S/C17H19FN6O3S/c18-14-4-1-5-15(9-14)28(26,27)23-8-6-16(25)19-7-2-3-13-10-20-17-21-12-22-24(17)11-13/h1,4-5,9-12,23H,2-3,6-8H2,(H,19,25). The molecule has 2 N–H and O–H groups in total. The Bertz CT molecular complexity index is 1070. The summed E-state index contributed by atoms with van der Waals surface area (Å²) in [6.45, 7) is 0.377. The van der Waals surface area contributed by atoms with E-state index in [4.69, 9.17) is 0 Å². The van der Waals surface area contributed by atoms with Gasteiger partial charge in [0.2, 0.25) is 15.9 Å². The highest BCUT2D eigenvalue weighted by atomic mass is 32.2. The fourth-order valence-corrected chi connectivity index (χ4v) is 3.58. The van der Waals surface area contributed by atoms with Crippen LogP contribution in [0.5, 0.6) is 0 Å². The third-order valence-corrected chi connectivity index (χ3v) is 5.36. The number of aromatic nitrogens is 4. The molecule has 11 heteroatoms. The molecule has 0 bridgehead atoms. The van der Waals surface area contributed by atoms with Gasteiger partial charge in [-0.3, -0.25) is 4.79 Å². The van der Waals surface area contributed by atoms with E-state index >= 15 is 0 Å². The molecule has 3 aromatic rings. The molecule has 3 rings (SSSR count). The average Bonchev–Trinajstić information content (AvgIpc) is 3.13. The van der Waals surface area contributed by atoms with Crippen LogP contribution in [0, 0.1) is 5.82 Å². The van der Waals surface area contributed by atoms with E-state index in [-0.39, 0.29) is 23.8 Å². The summed E-state index contributed by atoms with van der Waals surface area (Å²) in [5.41, 5.74) is 0.968. The molecule has 2 heterocycles. The molecule has 0 aliphatic heterocycles. The maximum atomic E-state index is 13.1. The van der Waals surface area contributed by atoms with Gasteiger partial charge >= 0.3 is 0 Å². The minimum Gasteiger partial charge on any atom is -0.356 e. The van der Waals surface area contributed by atoms with Gasteiger partial charge in [0.05, 0.1) is 4.90 Å². The highest BCUT2D eigenvalue weighted by Crippen LogP contribution is 2.10. The van der Waals surface area contributed by atoms with Crippen LogP contribution < -0.4 is 10.0 Å². The van der Waals surface area contributed by atoms with E-state index in [2.05, 4.69) is 25.1 Å². The lowest BCUT2D eigenvalue weighted by Crippen LogP contribution is -2.31.